The first kappa shape index (κ1) is 18.3. The van der Waals surface area contributed by atoms with Crippen LogP contribution in [0.2, 0.25) is 0 Å². The summed E-state index contributed by atoms with van der Waals surface area (Å²) >= 11 is 1.38. The first-order valence-corrected chi connectivity index (χ1v) is 8.88. The van der Waals surface area contributed by atoms with Gasteiger partial charge in [-0.25, -0.2) is 0 Å². The molecule has 1 atom stereocenters. The minimum absolute atomic E-state index is 0.00947. The zero-order valence-electron chi connectivity index (χ0n) is 14.5. The van der Waals surface area contributed by atoms with E-state index >= 15 is 0 Å². The molecule has 24 heavy (non-hydrogen) atoms. The lowest BCUT2D eigenvalue weighted by atomic mass is 10.1. The number of carbonyl (C=O) groups is 1. The number of methoxy groups -OCH3 is 1. The number of nitrogens with zero attached hydrogens (tertiary/aromatic N) is 3. The van der Waals surface area contributed by atoms with Crippen molar-refractivity contribution in [2.24, 2.45) is 5.92 Å². The van der Waals surface area contributed by atoms with E-state index in [4.69, 9.17) is 4.74 Å². The van der Waals surface area contributed by atoms with Gasteiger partial charge in [-0.1, -0.05) is 37.7 Å². The molecule has 0 spiro atoms. The van der Waals surface area contributed by atoms with Crippen LogP contribution in [-0.2, 0) is 4.79 Å². The van der Waals surface area contributed by atoms with Crippen LogP contribution >= 0.6 is 11.8 Å². The van der Waals surface area contributed by atoms with Crippen molar-refractivity contribution in [3.05, 3.63) is 30.6 Å². The van der Waals surface area contributed by atoms with Crippen molar-refractivity contribution in [2.45, 2.75) is 37.6 Å². The number of nitrogens with one attached hydrogen (secondary N) is 1. The summed E-state index contributed by atoms with van der Waals surface area (Å²) in [5.41, 5.74) is 0.847. The van der Waals surface area contributed by atoms with E-state index in [0.29, 0.717) is 17.6 Å². The van der Waals surface area contributed by atoms with Crippen molar-refractivity contribution in [3.8, 4) is 11.4 Å². The highest BCUT2D eigenvalue weighted by molar-refractivity contribution is 8.00. The Morgan fingerprint density at radius 3 is 2.79 bits per heavy atom. The van der Waals surface area contributed by atoms with E-state index in [1.165, 1.54) is 11.8 Å². The molecular formula is C17H24N4O2S. The smallest absolute Gasteiger partial charge is 0.233 e. The largest absolute Gasteiger partial charge is 0.495 e. The lowest BCUT2D eigenvalue weighted by Gasteiger charge is -2.14. The van der Waals surface area contributed by atoms with E-state index in [-0.39, 0.29) is 11.2 Å². The van der Waals surface area contributed by atoms with Crippen LogP contribution in [0.25, 0.3) is 5.69 Å². The predicted molar refractivity (Wildman–Crippen MR) is 95.7 cm³/mol. The first-order chi connectivity index (χ1) is 11.5. The Kier molecular flexibility index (Phi) is 6.66. The number of para-hydroxylation sites is 2. The molecule has 0 bridgehead atoms. The van der Waals surface area contributed by atoms with Crippen molar-refractivity contribution in [3.63, 3.8) is 0 Å². The van der Waals surface area contributed by atoms with Gasteiger partial charge in [0, 0.05) is 6.54 Å². The summed E-state index contributed by atoms with van der Waals surface area (Å²) in [7, 11) is 1.63. The second-order valence-electron chi connectivity index (χ2n) is 5.89. The number of hydrogen-bond acceptors (Lipinski definition) is 5. The summed E-state index contributed by atoms with van der Waals surface area (Å²) < 4.78 is 7.22. The topological polar surface area (TPSA) is 69.0 Å². The number of carbonyl (C=O) groups excluding carboxylic acids is 1. The zero-order valence-corrected chi connectivity index (χ0v) is 15.3. The van der Waals surface area contributed by atoms with Gasteiger partial charge in [-0.15, -0.1) is 10.2 Å². The summed E-state index contributed by atoms with van der Waals surface area (Å²) in [5.74, 6) is 1.31. The van der Waals surface area contributed by atoms with Gasteiger partial charge in [0.05, 0.1) is 18.0 Å². The first-order valence-electron chi connectivity index (χ1n) is 8.00. The van der Waals surface area contributed by atoms with E-state index in [1.807, 2.05) is 35.8 Å². The third-order valence-electron chi connectivity index (χ3n) is 3.53. The molecule has 0 saturated heterocycles. The molecule has 6 nitrogen and oxygen atoms in total. The molecule has 0 saturated carbocycles. The van der Waals surface area contributed by atoms with Gasteiger partial charge in [-0.3, -0.25) is 9.36 Å². The average molecular weight is 348 g/mol. The second-order valence-corrected chi connectivity index (χ2v) is 7.20. The molecule has 0 aliphatic carbocycles. The van der Waals surface area contributed by atoms with Gasteiger partial charge in [0.1, 0.15) is 12.1 Å². The Balaban J connectivity index is 2.06. The molecule has 0 aliphatic rings. The van der Waals surface area contributed by atoms with Gasteiger partial charge < -0.3 is 10.1 Å². The van der Waals surface area contributed by atoms with Crippen molar-refractivity contribution in [2.75, 3.05) is 13.7 Å². The highest BCUT2D eigenvalue weighted by atomic mass is 32.2. The van der Waals surface area contributed by atoms with E-state index in [9.17, 15) is 4.79 Å². The van der Waals surface area contributed by atoms with Crippen molar-refractivity contribution in [1.82, 2.24) is 20.1 Å². The third kappa shape index (κ3) is 4.74. The third-order valence-corrected chi connectivity index (χ3v) is 4.59. The highest BCUT2D eigenvalue weighted by Gasteiger charge is 2.19. The van der Waals surface area contributed by atoms with E-state index < -0.39 is 0 Å². The zero-order chi connectivity index (χ0) is 17.5. The second kappa shape index (κ2) is 8.73. The molecule has 0 fully saturated rings. The summed E-state index contributed by atoms with van der Waals surface area (Å²) in [6, 6.07) is 7.64. The normalized spacial score (nSPS) is 12.2. The molecule has 2 aromatic rings. The van der Waals surface area contributed by atoms with Crippen LogP contribution in [0, 0.1) is 5.92 Å². The number of aromatic nitrogens is 3. The summed E-state index contributed by atoms with van der Waals surface area (Å²) in [6.45, 7) is 6.84. The molecule has 1 N–H and O–H groups in total. The molecule has 1 amide bonds. The molecule has 0 radical (unpaired) electrons. The Bertz CT molecular complexity index is 672. The fourth-order valence-electron chi connectivity index (χ4n) is 2.14. The molecule has 0 aliphatic heterocycles. The molecule has 1 aromatic carbocycles. The van der Waals surface area contributed by atoms with Gasteiger partial charge in [0.15, 0.2) is 5.16 Å². The minimum Gasteiger partial charge on any atom is -0.495 e. The van der Waals surface area contributed by atoms with Gasteiger partial charge >= 0.3 is 0 Å². The lowest BCUT2D eigenvalue weighted by Crippen LogP contribution is -2.32. The number of rotatable bonds is 8. The van der Waals surface area contributed by atoms with Crippen LogP contribution in [0.3, 0.4) is 0 Å². The maximum Gasteiger partial charge on any atom is 0.233 e. The average Bonchev–Trinajstić information content (AvgIpc) is 3.02. The molecular weight excluding hydrogens is 324 g/mol. The van der Waals surface area contributed by atoms with Crippen LogP contribution in [0.5, 0.6) is 5.75 Å². The number of ether oxygens (including phenoxy) is 1. The summed E-state index contributed by atoms with van der Waals surface area (Å²) in [5, 5.41) is 11.5. The Morgan fingerprint density at radius 2 is 2.08 bits per heavy atom. The fraction of sp³-hybridized carbons (Fsp3) is 0.471. The monoisotopic (exact) mass is 348 g/mol. The van der Waals surface area contributed by atoms with E-state index in [0.717, 1.165) is 17.9 Å². The predicted octanol–water partition coefficient (Wildman–Crippen LogP) is 2.92. The van der Waals surface area contributed by atoms with Gasteiger partial charge in [-0.2, -0.15) is 0 Å². The van der Waals surface area contributed by atoms with Crippen LogP contribution in [0.4, 0.5) is 0 Å². The maximum absolute atomic E-state index is 12.2. The van der Waals surface area contributed by atoms with Crippen LogP contribution in [-0.4, -0.2) is 39.6 Å². The Morgan fingerprint density at radius 1 is 1.33 bits per heavy atom. The maximum atomic E-state index is 12.2. The molecule has 7 heteroatoms. The van der Waals surface area contributed by atoms with Crippen LogP contribution in [0.15, 0.2) is 35.7 Å². The summed E-state index contributed by atoms with van der Waals surface area (Å²) in [6.07, 6.45) is 2.60. The van der Waals surface area contributed by atoms with Crippen molar-refractivity contribution < 1.29 is 9.53 Å². The Labute approximate surface area is 147 Å². The molecule has 130 valence electrons. The number of amides is 1. The van der Waals surface area contributed by atoms with Crippen molar-refractivity contribution >= 4 is 17.7 Å². The Hall–Kier alpha value is -2.02. The van der Waals surface area contributed by atoms with E-state index in [2.05, 4.69) is 29.4 Å². The highest BCUT2D eigenvalue weighted by Crippen LogP contribution is 2.28. The fourth-order valence-corrected chi connectivity index (χ4v) is 3.00. The van der Waals surface area contributed by atoms with Crippen molar-refractivity contribution in [1.29, 1.82) is 0 Å². The number of benzene rings is 1. The van der Waals surface area contributed by atoms with Gasteiger partial charge in [0.25, 0.3) is 0 Å². The SMILES string of the molecule is COc1ccccc1-n1cnnc1SC(C)C(=O)NCCC(C)C. The molecule has 2 rings (SSSR count). The van der Waals surface area contributed by atoms with Crippen LogP contribution < -0.4 is 10.1 Å². The summed E-state index contributed by atoms with van der Waals surface area (Å²) in [4.78, 5) is 12.2. The molecule has 1 heterocycles. The number of thioether (sulfide) groups is 1. The molecule has 1 unspecified atom stereocenters. The van der Waals surface area contributed by atoms with E-state index in [1.54, 1.807) is 13.4 Å². The van der Waals surface area contributed by atoms with Crippen LogP contribution in [0.1, 0.15) is 27.2 Å². The molecule has 1 aromatic heterocycles. The quantitative estimate of drug-likeness (QED) is 0.743. The van der Waals surface area contributed by atoms with Gasteiger partial charge in [-0.05, 0) is 31.4 Å². The number of hydrogen-bond donors (Lipinski definition) is 1. The van der Waals surface area contributed by atoms with Gasteiger partial charge in [0.2, 0.25) is 5.91 Å². The lowest BCUT2D eigenvalue weighted by molar-refractivity contribution is -0.120. The minimum atomic E-state index is -0.255. The standard InChI is InChI=1S/C17H24N4O2S/c1-12(2)9-10-18-16(22)13(3)24-17-20-19-11-21(17)14-7-5-6-8-15(14)23-4/h5-8,11-13H,9-10H2,1-4H3,(H,18,22).